The van der Waals surface area contributed by atoms with E-state index < -0.39 is 0 Å². The van der Waals surface area contributed by atoms with Gasteiger partial charge < -0.3 is 19.9 Å². The molecule has 2 aromatic carbocycles. The molecule has 1 aliphatic heterocycles. The molecule has 0 bridgehead atoms. The minimum absolute atomic E-state index is 0.113. The Morgan fingerprint density at radius 1 is 1.26 bits per heavy atom. The Balaban J connectivity index is 1.74. The molecule has 0 saturated heterocycles. The van der Waals surface area contributed by atoms with Gasteiger partial charge in [-0.3, -0.25) is 0 Å². The van der Waals surface area contributed by atoms with Crippen LogP contribution in [0.2, 0.25) is 0 Å². The molecule has 0 aromatic heterocycles. The Morgan fingerprint density at radius 2 is 2.11 bits per heavy atom. The van der Waals surface area contributed by atoms with E-state index in [0.717, 1.165) is 29.0 Å². The summed E-state index contributed by atoms with van der Waals surface area (Å²) in [5.41, 5.74) is 4.41. The van der Waals surface area contributed by atoms with Crippen LogP contribution in [0.1, 0.15) is 36.4 Å². The topological polar surface area (TPSA) is 50.7 Å². The van der Waals surface area contributed by atoms with E-state index in [1.54, 1.807) is 13.2 Å². The lowest BCUT2D eigenvalue weighted by Crippen LogP contribution is -2.29. The summed E-state index contributed by atoms with van der Waals surface area (Å²) < 4.78 is 11.3. The van der Waals surface area contributed by atoms with E-state index in [2.05, 4.69) is 36.2 Å². The number of aromatic hydroxyl groups is 1. The summed E-state index contributed by atoms with van der Waals surface area (Å²) in [6.45, 7) is 6.39. The van der Waals surface area contributed by atoms with Crippen LogP contribution in [0.5, 0.6) is 17.2 Å². The number of allylic oxidation sites excluding steroid dienone is 2. The van der Waals surface area contributed by atoms with Gasteiger partial charge in [0.15, 0.2) is 11.5 Å². The summed E-state index contributed by atoms with van der Waals surface area (Å²) in [5.74, 6) is 2.27. The quantitative estimate of drug-likeness (QED) is 0.719. The molecule has 0 amide bonds. The van der Waals surface area contributed by atoms with Gasteiger partial charge >= 0.3 is 0 Å². The van der Waals surface area contributed by atoms with Crippen molar-refractivity contribution >= 4 is 5.69 Å². The number of phenols is 1. The number of rotatable bonds is 5. The van der Waals surface area contributed by atoms with Crippen LogP contribution in [0.3, 0.4) is 0 Å². The number of nitrogens with one attached hydrogen (secondary N) is 1. The lowest BCUT2D eigenvalue weighted by molar-refractivity contribution is 0.348. The largest absolute Gasteiger partial charge is 0.504 e. The molecule has 0 saturated carbocycles. The van der Waals surface area contributed by atoms with Gasteiger partial charge in [0.05, 0.1) is 18.8 Å². The third-order valence-electron chi connectivity index (χ3n) is 5.40. The Hall–Kier alpha value is -2.88. The van der Waals surface area contributed by atoms with Crippen molar-refractivity contribution in [2.24, 2.45) is 5.92 Å². The van der Waals surface area contributed by atoms with Crippen molar-refractivity contribution < 1.29 is 14.6 Å². The predicted octanol–water partition coefficient (Wildman–Crippen LogP) is 5.18. The van der Waals surface area contributed by atoms with Gasteiger partial charge in [-0.15, -0.1) is 0 Å². The maximum absolute atomic E-state index is 9.96. The number of hydrogen-bond acceptors (Lipinski definition) is 4. The maximum atomic E-state index is 9.96. The van der Waals surface area contributed by atoms with E-state index in [1.807, 2.05) is 25.1 Å². The molecule has 140 valence electrons. The Labute approximate surface area is 160 Å². The van der Waals surface area contributed by atoms with Crippen LogP contribution in [0.25, 0.3) is 0 Å². The van der Waals surface area contributed by atoms with Gasteiger partial charge in [-0.2, -0.15) is 0 Å². The molecule has 1 heterocycles. The van der Waals surface area contributed by atoms with Gasteiger partial charge in [0, 0.05) is 5.92 Å². The van der Waals surface area contributed by atoms with Crippen molar-refractivity contribution in [3.8, 4) is 17.2 Å². The van der Waals surface area contributed by atoms with Crippen LogP contribution in [0, 0.1) is 5.92 Å². The molecule has 27 heavy (non-hydrogen) atoms. The number of fused-ring (bicyclic) bond motifs is 3. The second kappa shape index (κ2) is 7.03. The molecule has 0 radical (unpaired) electrons. The molecule has 3 atom stereocenters. The lowest BCUT2D eigenvalue weighted by Gasteiger charge is -2.38. The smallest absolute Gasteiger partial charge is 0.160 e. The molecule has 4 nitrogen and oxygen atoms in total. The highest BCUT2D eigenvalue weighted by Gasteiger charge is 2.39. The zero-order valence-electron chi connectivity index (χ0n) is 15.7. The fourth-order valence-corrected chi connectivity index (χ4v) is 4.13. The number of benzene rings is 2. The van der Waals surface area contributed by atoms with E-state index in [-0.39, 0.29) is 11.8 Å². The van der Waals surface area contributed by atoms with Gasteiger partial charge in [0.1, 0.15) is 12.4 Å². The third-order valence-corrected chi connectivity index (χ3v) is 5.40. The van der Waals surface area contributed by atoms with Crippen molar-refractivity contribution in [2.75, 3.05) is 19.0 Å². The average Bonchev–Trinajstić information content (AvgIpc) is 3.16. The third kappa shape index (κ3) is 3.16. The van der Waals surface area contributed by atoms with E-state index >= 15 is 0 Å². The molecular weight excluding hydrogens is 338 g/mol. The summed E-state index contributed by atoms with van der Waals surface area (Å²) >= 11 is 0. The molecule has 2 N–H and O–H groups in total. The van der Waals surface area contributed by atoms with Crippen LogP contribution in [0.4, 0.5) is 5.69 Å². The standard InChI is InChI=1S/C23H25NO3/c1-14(2)13-27-20-9-5-8-18-16-6-4-7-17(16)22(24-23(18)20)15-10-11-19(25)21(12-15)26-3/h4-6,8-12,16-17,22,24-25H,1,7,13H2,2-3H3. The maximum Gasteiger partial charge on any atom is 0.160 e. The van der Waals surface area contributed by atoms with Gasteiger partial charge in [-0.05, 0) is 54.2 Å². The summed E-state index contributed by atoms with van der Waals surface area (Å²) in [4.78, 5) is 0. The van der Waals surface area contributed by atoms with Crippen LogP contribution in [-0.2, 0) is 0 Å². The highest BCUT2D eigenvalue weighted by atomic mass is 16.5. The van der Waals surface area contributed by atoms with Gasteiger partial charge in [-0.25, -0.2) is 0 Å². The van der Waals surface area contributed by atoms with E-state index in [9.17, 15) is 5.11 Å². The second-order valence-electron chi connectivity index (χ2n) is 7.37. The summed E-state index contributed by atoms with van der Waals surface area (Å²) in [7, 11) is 1.58. The Bertz CT molecular complexity index is 902. The van der Waals surface area contributed by atoms with Crippen molar-refractivity contribution in [1.82, 2.24) is 0 Å². The lowest BCUT2D eigenvalue weighted by atomic mass is 9.77. The van der Waals surface area contributed by atoms with Crippen molar-refractivity contribution in [2.45, 2.75) is 25.3 Å². The van der Waals surface area contributed by atoms with Gasteiger partial charge in [0.25, 0.3) is 0 Å². The highest BCUT2D eigenvalue weighted by molar-refractivity contribution is 5.68. The molecule has 1 aliphatic carbocycles. The first kappa shape index (κ1) is 17.5. The number of ether oxygens (including phenoxy) is 2. The van der Waals surface area contributed by atoms with Crippen LogP contribution >= 0.6 is 0 Å². The number of anilines is 1. The second-order valence-corrected chi connectivity index (χ2v) is 7.37. The molecule has 0 fully saturated rings. The summed E-state index contributed by atoms with van der Waals surface area (Å²) in [6, 6.07) is 11.9. The minimum Gasteiger partial charge on any atom is -0.504 e. The van der Waals surface area contributed by atoms with Crippen LogP contribution < -0.4 is 14.8 Å². The van der Waals surface area contributed by atoms with E-state index in [4.69, 9.17) is 9.47 Å². The fraction of sp³-hybridized carbons (Fsp3) is 0.304. The molecular formula is C23H25NO3. The average molecular weight is 363 g/mol. The fourth-order valence-electron chi connectivity index (χ4n) is 4.13. The molecule has 4 rings (SSSR count). The normalized spacial score (nSPS) is 22.5. The van der Waals surface area contributed by atoms with E-state index in [1.165, 1.54) is 5.56 Å². The molecule has 2 aliphatic rings. The van der Waals surface area contributed by atoms with Gasteiger partial charge in [-0.1, -0.05) is 36.9 Å². The molecule has 3 unspecified atom stereocenters. The first-order valence-electron chi connectivity index (χ1n) is 9.28. The zero-order chi connectivity index (χ0) is 19.0. The molecule has 2 aromatic rings. The van der Waals surface area contributed by atoms with Gasteiger partial charge in [0.2, 0.25) is 0 Å². The SMILES string of the molecule is C=C(C)COc1cccc2c1NC(c1ccc(O)c(OC)c1)C1CC=CC21. The number of methoxy groups -OCH3 is 1. The predicted molar refractivity (Wildman–Crippen MR) is 108 cm³/mol. The Morgan fingerprint density at radius 3 is 2.89 bits per heavy atom. The van der Waals surface area contributed by atoms with E-state index in [0.29, 0.717) is 24.2 Å². The molecule has 0 spiro atoms. The van der Waals surface area contributed by atoms with Crippen LogP contribution in [-0.4, -0.2) is 18.8 Å². The monoisotopic (exact) mass is 363 g/mol. The zero-order valence-corrected chi connectivity index (χ0v) is 15.7. The first-order valence-corrected chi connectivity index (χ1v) is 9.28. The minimum atomic E-state index is 0.113. The highest BCUT2D eigenvalue weighted by Crippen LogP contribution is 2.52. The number of para-hydroxylation sites is 1. The van der Waals surface area contributed by atoms with Crippen molar-refractivity contribution in [3.05, 3.63) is 71.8 Å². The molecule has 4 heteroatoms. The summed E-state index contributed by atoms with van der Waals surface area (Å²) in [6.07, 6.45) is 5.58. The number of hydrogen-bond donors (Lipinski definition) is 2. The van der Waals surface area contributed by atoms with Crippen LogP contribution in [0.15, 0.2) is 60.7 Å². The number of phenolic OH excluding ortho intramolecular Hbond substituents is 1. The van der Waals surface area contributed by atoms with Crippen molar-refractivity contribution in [1.29, 1.82) is 0 Å². The van der Waals surface area contributed by atoms with Crippen molar-refractivity contribution in [3.63, 3.8) is 0 Å². The summed E-state index contributed by atoms with van der Waals surface area (Å²) in [5, 5.41) is 13.7. The first-order chi connectivity index (χ1) is 13.1. The Kier molecular flexibility index (Phi) is 4.56.